The minimum absolute atomic E-state index is 0.0544. The van der Waals surface area contributed by atoms with Crippen LogP contribution in [-0.4, -0.2) is 15.5 Å². The monoisotopic (exact) mass is 441 g/mol. The van der Waals surface area contributed by atoms with Gasteiger partial charge in [-0.25, -0.2) is 0 Å². The molecule has 0 saturated heterocycles. The summed E-state index contributed by atoms with van der Waals surface area (Å²) in [6, 6.07) is 28.2. The van der Waals surface area contributed by atoms with E-state index in [9.17, 15) is 13.7 Å². The SMILES string of the molecule is COc1ccc(/C(C#N)=C/c2c(OS(=O)(=O)c3ccccc3)ccc3ccccc23)cc1. The van der Waals surface area contributed by atoms with Gasteiger partial charge in [-0.2, -0.15) is 13.7 Å². The van der Waals surface area contributed by atoms with Crippen molar-refractivity contribution in [3.63, 3.8) is 0 Å². The van der Waals surface area contributed by atoms with Crippen LogP contribution in [0.25, 0.3) is 22.4 Å². The Balaban J connectivity index is 1.87. The van der Waals surface area contributed by atoms with Gasteiger partial charge in [0, 0.05) is 5.56 Å². The molecule has 6 heteroatoms. The fourth-order valence-electron chi connectivity index (χ4n) is 3.35. The van der Waals surface area contributed by atoms with Crippen molar-refractivity contribution in [3.8, 4) is 17.6 Å². The number of nitriles is 1. The molecule has 0 atom stereocenters. The fourth-order valence-corrected chi connectivity index (χ4v) is 4.31. The topological polar surface area (TPSA) is 76.4 Å². The fraction of sp³-hybridized carbons (Fsp3) is 0.0385. The van der Waals surface area contributed by atoms with Crippen LogP contribution in [0.15, 0.2) is 95.9 Å². The van der Waals surface area contributed by atoms with E-state index in [0.717, 1.165) is 10.8 Å². The van der Waals surface area contributed by atoms with Gasteiger partial charge in [0.2, 0.25) is 0 Å². The smallest absolute Gasteiger partial charge is 0.339 e. The van der Waals surface area contributed by atoms with Crippen LogP contribution in [0.4, 0.5) is 0 Å². The van der Waals surface area contributed by atoms with E-state index >= 15 is 0 Å². The van der Waals surface area contributed by atoms with E-state index in [1.165, 1.54) is 12.1 Å². The summed E-state index contributed by atoms with van der Waals surface area (Å²) in [4.78, 5) is 0.0544. The first-order valence-electron chi connectivity index (χ1n) is 9.79. The summed E-state index contributed by atoms with van der Waals surface area (Å²) < 4.78 is 36.5. The third-order valence-corrected chi connectivity index (χ3v) is 6.22. The average Bonchev–Trinajstić information content (AvgIpc) is 2.84. The summed E-state index contributed by atoms with van der Waals surface area (Å²) in [5, 5.41) is 11.5. The van der Waals surface area contributed by atoms with E-state index in [0.29, 0.717) is 22.4 Å². The standard InChI is InChI=1S/C26H19NO4S/c1-30-22-14-11-19(12-15-22)21(18-27)17-25-24-10-6-5-7-20(24)13-16-26(25)31-32(28,29)23-8-3-2-4-9-23/h2-17H,1H3/b21-17+. The normalized spacial score (nSPS) is 11.7. The van der Waals surface area contributed by atoms with Crippen LogP contribution in [0.3, 0.4) is 0 Å². The number of nitrogens with zero attached hydrogens (tertiary/aromatic N) is 1. The first kappa shape index (κ1) is 21.2. The van der Waals surface area contributed by atoms with Crippen LogP contribution in [-0.2, 0) is 10.1 Å². The van der Waals surface area contributed by atoms with Crippen molar-refractivity contribution in [1.29, 1.82) is 5.26 Å². The Bertz CT molecular complexity index is 1440. The van der Waals surface area contributed by atoms with Gasteiger partial charge in [-0.05, 0) is 64.9 Å². The van der Waals surface area contributed by atoms with Crippen LogP contribution in [0.5, 0.6) is 11.5 Å². The van der Waals surface area contributed by atoms with Gasteiger partial charge in [0.15, 0.2) is 5.75 Å². The summed E-state index contributed by atoms with van der Waals surface area (Å²) in [6.07, 6.45) is 1.65. The molecule has 0 unspecified atom stereocenters. The Morgan fingerprint density at radius 2 is 1.56 bits per heavy atom. The van der Waals surface area contributed by atoms with Gasteiger partial charge >= 0.3 is 10.1 Å². The average molecular weight is 442 g/mol. The Labute approximate surface area is 186 Å². The highest BCUT2D eigenvalue weighted by Gasteiger charge is 2.19. The summed E-state index contributed by atoms with van der Waals surface area (Å²) in [5.41, 5.74) is 1.55. The van der Waals surface area contributed by atoms with E-state index in [1.807, 2.05) is 24.3 Å². The summed E-state index contributed by atoms with van der Waals surface area (Å²) in [6.45, 7) is 0. The molecule has 4 rings (SSSR count). The molecule has 0 radical (unpaired) electrons. The number of ether oxygens (including phenoxy) is 1. The Hall–Kier alpha value is -4.08. The number of allylic oxidation sites excluding steroid dienone is 1. The van der Waals surface area contributed by atoms with E-state index in [2.05, 4.69) is 6.07 Å². The maximum atomic E-state index is 12.9. The zero-order valence-electron chi connectivity index (χ0n) is 17.2. The van der Waals surface area contributed by atoms with Crippen molar-refractivity contribution in [2.45, 2.75) is 4.90 Å². The Morgan fingerprint density at radius 1 is 0.875 bits per heavy atom. The minimum Gasteiger partial charge on any atom is -0.497 e. The molecule has 4 aromatic rings. The number of methoxy groups -OCH3 is 1. The van der Waals surface area contributed by atoms with Crippen LogP contribution in [0.2, 0.25) is 0 Å². The predicted molar refractivity (Wildman–Crippen MR) is 125 cm³/mol. The third kappa shape index (κ3) is 4.34. The summed E-state index contributed by atoms with van der Waals surface area (Å²) in [7, 11) is -2.48. The molecule has 0 bridgehead atoms. The first-order valence-corrected chi connectivity index (χ1v) is 11.2. The molecule has 0 aliphatic carbocycles. The number of rotatable bonds is 6. The van der Waals surface area contributed by atoms with Gasteiger partial charge in [-0.15, -0.1) is 0 Å². The molecule has 0 N–H and O–H groups in total. The number of hydrogen-bond acceptors (Lipinski definition) is 5. The van der Waals surface area contributed by atoms with Crippen LogP contribution in [0, 0.1) is 11.3 Å². The van der Waals surface area contributed by atoms with Crippen molar-refractivity contribution in [3.05, 3.63) is 102 Å². The van der Waals surface area contributed by atoms with Crippen LogP contribution < -0.4 is 8.92 Å². The molecule has 0 fully saturated rings. The quantitative estimate of drug-likeness (QED) is 0.219. The molecular formula is C26H19NO4S. The second-order valence-corrected chi connectivity index (χ2v) is 8.49. The number of benzene rings is 4. The lowest BCUT2D eigenvalue weighted by Crippen LogP contribution is -2.10. The molecule has 0 saturated carbocycles. The minimum atomic E-state index is -4.05. The third-order valence-electron chi connectivity index (χ3n) is 4.97. The van der Waals surface area contributed by atoms with Crippen molar-refractivity contribution in [1.82, 2.24) is 0 Å². The second kappa shape index (κ2) is 8.96. The van der Waals surface area contributed by atoms with Gasteiger partial charge in [0.25, 0.3) is 0 Å². The van der Waals surface area contributed by atoms with Crippen LogP contribution >= 0.6 is 0 Å². The lowest BCUT2D eigenvalue weighted by atomic mass is 9.98. The first-order chi connectivity index (χ1) is 15.5. The lowest BCUT2D eigenvalue weighted by molar-refractivity contribution is 0.415. The molecule has 0 aromatic heterocycles. The second-order valence-electron chi connectivity index (χ2n) is 6.95. The molecule has 0 amide bonds. The number of hydrogen-bond donors (Lipinski definition) is 0. The number of fused-ring (bicyclic) bond motifs is 1. The molecular weight excluding hydrogens is 422 g/mol. The molecule has 158 valence electrons. The highest BCUT2D eigenvalue weighted by atomic mass is 32.2. The van der Waals surface area contributed by atoms with Gasteiger partial charge in [0.1, 0.15) is 10.6 Å². The summed E-state index contributed by atoms with van der Waals surface area (Å²) in [5.74, 6) is 0.822. The Kier molecular flexibility index (Phi) is 5.93. The molecule has 0 spiro atoms. The molecule has 0 aliphatic heterocycles. The molecule has 4 aromatic carbocycles. The highest BCUT2D eigenvalue weighted by molar-refractivity contribution is 7.87. The van der Waals surface area contributed by atoms with E-state index in [1.54, 1.807) is 67.8 Å². The van der Waals surface area contributed by atoms with Crippen molar-refractivity contribution in [2.75, 3.05) is 7.11 Å². The van der Waals surface area contributed by atoms with Gasteiger partial charge in [0.05, 0.1) is 18.8 Å². The maximum absolute atomic E-state index is 12.9. The molecule has 5 nitrogen and oxygen atoms in total. The zero-order valence-corrected chi connectivity index (χ0v) is 18.0. The Morgan fingerprint density at radius 3 is 2.25 bits per heavy atom. The molecule has 0 heterocycles. The lowest BCUT2D eigenvalue weighted by Gasteiger charge is -2.13. The zero-order chi connectivity index (χ0) is 22.6. The van der Waals surface area contributed by atoms with Gasteiger partial charge < -0.3 is 8.92 Å². The largest absolute Gasteiger partial charge is 0.497 e. The van der Waals surface area contributed by atoms with Crippen molar-refractivity contribution >= 4 is 32.5 Å². The summed E-state index contributed by atoms with van der Waals surface area (Å²) >= 11 is 0. The molecule has 32 heavy (non-hydrogen) atoms. The van der Waals surface area contributed by atoms with Gasteiger partial charge in [-0.1, -0.05) is 48.5 Å². The van der Waals surface area contributed by atoms with Crippen molar-refractivity contribution < 1.29 is 17.3 Å². The maximum Gasteiger partial charge on any atom is 0.339 e. The highest BCUT2D eigenvalue weighted by Crippen LogP contribution is 2.34. The predicted octanol–water partition coefficient (Wildman–Crippen LogP) is 5.68. The van der Waals surface area contributed by atoms with E-state index < -0.39 is 10.1 Å². The van der Waals surface area contributed by atoms with E-state index in [4.69, 9.17) is 8.92 Å². The van der Waals surface area contributed by atoms with Crippen molar-refractivity contribution in [2.24, 2.45) is 0 Å². The van der Waals surface area contributed by atoms with Crippen LogP contribution in [0.1, 0.15) is 11.1 Å². The van der Waals surface area contributed by atoms with Gasteiger partial charge in [-0.3, -0.25) is 0 Å². The van der Waals surface area contributed by atoms with E-state index in [-0.39, 0.29) is 10.6 Å². The molecule has 0 aliphatic rings.